The van der Waals surface area contributed by atoms with E-state index < -0.39 is 11.9 Å². The second kappa shape index (κ2) is 8.26. The minimum Gasteiger partial charge on any atom is -0.368 e. The van der Waals surface area contributed by atoms with Crippen molar-refractivity contribution in [3.8, 4) is 10.6 Å². The Labute approximate surface area is 191 Å². The molecule has 0 saturated carbocycles. The molecule has 9 heteroatoms. The van der Waals surface area contributed by atoms with E-state index in [-0.39, 0.29) is 23.7 Å². The zero-order valence-corrected chi connectivity index (χ0v) is 20.5. The zero-order valence-electron chi connectivity index (χ0n) is 18.9. The number of primary amides is 1. The van der Waals surface area contributed by atoms with Crippen molar-refractivity contribution >= 4 is 34.5 Å². The van der Waals surface area contributed by atoms with E-state index in [1.54, 1.807) is 27.6 Å². The molecule has 0 spiro atoms. The lowest BCUT2D eigenvalue weighted by molar-refractivity contribution is -0.137. The molecule has 0 radical (unpaired) electrons. The molecule has 1 aliphatic heterocycles. The van der Waals surface area contributed by atoms with E-state index in [1.165, 1.54) is 4.88 Å². The lowest BCUT2D eigenvalue weighted by atomic mass is 9.98. The summed E-state index contributed by atoms with van der Waals surface area (Å²) in [6.07, 6.45) is 2.85. The van der Waals surface area contributed by atoms with E-state index in [9.17, 15) is 9.59 Å². The van der Waals surface area contributed by atoms with Crippen molar-refractivity contribution < 1.29 is 9.59 Å². The highest BCUT2D eigenvalue weighted by molar-refractivity contribution is 7.16. The molecule has 0 bridgehead atoms. The lowest BCUT2D eigenvalue weighted by Crippen LogP contribution is -2.48. The van der Waals surface area contributed by atoms with Crippen LogP contribution >= 0.6 is 22.7 Å². The van der Waals surface area contributed by atoms with Crippen LogP contribution in [-0.2, 0) is 34.3 Å². The van der Waals surface area contributed by atoms with Crippen molar-refractivity contribution in [2.45, 2.75) is 57.9 Å². The molecule has 7 nitrogen and oxygen atoms in total. The van der Waals surface area contributed by atoms with E-state index in [0.29, 0.717) is 6.54 Å². The number of thiazole rings is 2. The molecule has 31 heavy (non-hydrogen) atoms. The lowest BCUT2D eigenvalue weighted by Gasteiger charge is -2.26. The van der Waals surface area contributed by atoms with E-state index in [2.05, 4.69) is 20.8 Å². The molecule has 168 valence electrons. The fourth-order valence-electron chi connectivity index (χ4n) is 4.50. The molecule has 2 aromatic heterocycles. The molecular weight excluding hydrogens is 430 g/mol. The smallest absolute Gasteiger partial charge is 0.240 e. The van der Waals surface area contributed by atoms with E-state index in [1.807, 2.05) is 19.0 Å². The Morgan fingerprint density at radius 2 is 1.94 bits per heavy atom. The van der Waals surface area contributed by atoms with Crippen molar-refractivity contribution in [3.63, 3.8) is 0 Å². The second-order valence-electron chi connectivity index (χ2n) is 9.85. The van der Waals surface area contributed by atoms with Crippen LogP contribution in [0.4, 0.5) is 0 Å². The fraction of sp³-hybridized carbons (Fsp3) is 0.636. The van der Waals surface area contributed by atoms with E-state index in [4.69, 9.17) is 15.7 Å². The van der Waals surface area contributed by atoms with Gasteiger partial charge in [0.05, 0.1) is 27.7 Å². The molecular formula is C22H31N5O2S2. The van der Waals surface area contributed by atoms with Gasteiger partial charge in [-0.05, 0) is 33.4 Å². The normalized spacial score (nSPS) is 20.8. The van der Waals surface area contributed by atoms with Crippen LogP contribution in [0.3, 0.4) is 0 Å². The number of carbonyl (C=O) groups is 2. The van der Waals surface area contributed by atoms with Gasteiger partial charge in [-0.3, -0.25) is 9.59 Å². The Balaban J connectivity index is 1.53. The number of hydrogen-bond donors (Lipinski definition) is 1. The number of aromatic nitrogens is 2. The second-order valence-corrected chi connectivity index (χ2v) is 12.0. The van der Waals surface area contributed by atoms with Gasteiger partial charge < -0.3 is 15.5 Å². The van der Waals surface area contributed by atoms with Gasteiger partial charge in [-0.2, -0.15) is 0 Å². The fourth-order valence-corrected chi connectivity index (χ4v) is 6.80. The molecule has 3 heterocycles. The quantitative estimate of drug-likeness (QED) is 0.738. The summed E-state index contributed by atoms with van der Waals surface area (Å²) in [5.41, 5.74) is 7.80. The molecule has 1 saturated heterocycles. The summed E-state index contributed by atoms with van der Waals surface area (Å²) in [7, 11) is 3.95. The predicted molar refractivity (Wildman–Crippen MR) is 124 cm³/mol. The molecule has 4 rings (SSSR count). The maximum Gasteiger partial charge on any atom is 0.240 e. The molecule has 0 aromatic carbocycles. The molecule has 2 amide bonds. The molecule has 0 unspecified atom stereocenters. The van der Waals surface area contributed by atoms with Crippen LogP contribution in [0, 0.1) is 5.92 Å². The van der Waals surface area contributed by atoms with Crippen LogP contribution in [0.1, 0.15) is 47.8 Å². The zero-order chi connectivity index (χ0) is 22.5. The van der Waals surface area contributed by atoms with Gasteiger partial charge in [0.1, 0.15) is 11.0 Å². The number of amides is 2. The van der Waals surface area contributed by atoms with Gasteiger partial charge >= 0.3 is 0 Å². The Kier molecular flexibility index (Phi) is 5.95. The third kappa shape index (κ3) is 4.40. The van der Waals surface area contributed by atoms with Crippen LogP contribution in [0.25, 0.3) is 10.6 Å². The molecule has 2 atom stereocenters. The van der Waals surface area contributed by atoms with Crippen LogP contribution in [0.15, 0.2) is 0 Å². The summed E-state index contributed by atoms with van der Waals surface area (Å²) in [4.78, 5) is 41.1. The maximum absolute atomic E-state index is 13.1. The average molecular weight is 462 g/mol. The van der Waals surface area contributed by atoms with Gasteiger partial charge in [0, 0.05) is 29.3 Å². The third-order valence-electron chi connectivity index (χ3n) is 5.92. The highest BCUT2D eigenvalue weighted by Crippen LogP contribution is 2.42. The largest absolute Gasteiger partial charge is 0.368 e. The number of aryl methyl sites for hydroxylation is 2. The summed E-state index contributed by atoms with van der Waals surface area (Å²) in [6.45, 7) is 7.87. The molecule has 2 aliphatic rings. The monoisotopic (exact) mass is 461 g/mol. The first-order chi connectivity index (χ1) is 14.5. The minimum atomic E-state index is -0.538. The number of carbonyl (C=O) groups excluding carboxylic acids is 2. The SMILES string of the molecule is CN(C)C[C@@H]1CCN(C(=O)Cc2nc3c(s2)-c2nc(C(C)(C)C)sc2CC3)[C@@H]1C(N)=O. The van der Waals surface area contributed by atoms with Gasteiger partial charge in [0.25, 0.3) is 0 Å². The van der Waals surface area contributed by atoms with Gasteiger partial charge in [-0.25, -0.2) is 9.97 Å². The maximum atomic E-state index is 13.1. The first-order valence-electron chi connectivity index (χ1n) is 10.8. The summed E-state index contributed by atoms with van der Waals surface area (Å²) >= 11 is 3.37. The summed E-state index contributed by atoms with van der Waals surface area (Å²) in [5.74, 6) is -0.405. The van der Waals surface area contributed by atoms with Crippen LogP contribution < -0.4 is 5.73 Å². The number of fused-ring (bicyclic) bond motifs is 3. The summed E-state index contributed by atoms with van der Waals surface area (Å²) < 4.78 is 0. The van der Waals surface area contributed by atoms with E-state index in [0.717, 1.165) is 52.1 Å². The highest BCUT2D eigenvalue weighted by Gasteiger charge is 2.41. The van der Waals surface area contributed by atoms with Crippen molar-refractivity contribution in [2.75, 3.05) is 27.2 Å². The van der Waals surface area contributed by atoms with Gasteiger partial charge in [-0.15, -0.1) is 22.7 Å². The first-order valence-corrected chi connectivity index (χ1v) is 12.4. The predicted octanol–water partition coefficient (Wildman–Crippen LogP) is 2.47. The molecule has 2 aromatic rings. The van der Waals surface area contributed by atoms with Gasteiger partial charge in [0.15, 0.2) is 0 Å². The van der Waals surface area contributed by atoms with Crippen LogP contribution in [-0.4, -0.2) is 64.8 Å². The topological polar surface area (TPSA) is 92.4 Å². The summed E-state index contributed by atoms with van der Waals surface area (Å²) in [5, 5.41) is 1.94. The molecule has 1 aliphatic carbocycles. The van der Waals surface area contributed by atoms with E-state index >= 15 is 0 Å². The van der Waals surface area contributed by atoms with Crippen molar-refractivity contribution in [1.82, 2.24) is 19.8 Å². The first kappa shape index (κ1) is 22.4. The van der Waals surface area contributed by atoms with Crippen molar-refractivity contribution in [3.05, 3.63) is 20.6 Å². The number of rotatable bonds is 5. The number of likely N-dealkylation sites (tertiary alicyclic amines) is 1. The molecule has 1 fully saturated rings. The number of hydrogen-bond acceptors (Lipinski definition) is 7. The summed E-state index contributed by atoms with van der Waals surface area (Å²) in [6, 6.07) is -0.538. The number of nitrogens with zero attached hydrogens (tertiary/aromatic N) is 4. The highest BCUT2D eigenvalue weighted by atomic mass is 32.1. The third-order valence-corrected chi connectivity index (χ3v) is 8.57. The average Bonchev–Trinajstić information content (AvgIpc) is 3.35. The van der Waals surface area contributed by atoms with Gasteiger partial charge in [0.2, 0.25) is 11.8 Å². The minimum absolute atomic E-state index is 0.0221. The van der Waals surface area contributed by atoms with Crippen molar-refractivity contribution in [2.24, 2.45) is 11.7 Å². The standard InChI is InChI=1S/C22H31N5O2S2/c1-22(2,3)21-25-17-14(30-21)7-6-13-19(17)31-15(24-13)10-16(28)27-9-8-12(11-26(4)5)18(27)20(23)29/h12,18H,6-11H2,1-5H3,(H2,23,29)/t12-,18-/m0/s1. The molecule has 2 N–H and O–H groups in total. The van der Waals surface area contributed by atoms with Crippen LogP contribution in [0.2, 0.25) is 0 Å². The van der Waals surface area contributed by atoms with Crippen LogP contribution in [0.5, 0.6) is 0 Å². The number of nitrogens with two attached hydrogens (primary N) is 1. The Bertz CT molecular complexity index is 1000. The Morgan fingerprint density at radius 3 is 2.58 bits per heavy atom. The van der Waals surface area contributed by atoms with Crippen molar-refractivity contribution in [1.29, 1.82) is 0 Å². The Morgan fingerprint density at radius 1 is 1.19 bits per heavy atom. The Hall–Kier alpha value is -1.84. The van der Waals surface area contributed by atoms with Gasteiger partial charge in [-0.1, -0.05) is 20.8 Å².